The number of anilines is 1. The third kappa shape index (κ3) is 3.01. The van der Waals surface area contributed by atoms with Gasteiger partial charge in [-0.3, -0.25) is 4.79 Å². The largest absolute Gasteiger partial charge is 0.457 e. The van der Waals surface area contributed by atoms with Crippen molar-refractivity contribution >= 4 is 11.6 Å². The third-order valence-corrected chi connectivity index (χ3v) is 6.09. The van der Waals surface area contributed by atoms with Crippen molar-refractivity contribution in [1.29, 1.82) is 0 Å². The Hall–Kier alpha value is -3.86. The van der Waals surface area contributed by atoms with Crippen LogP contribution in [0.4, 0.5) is 5.69 Å². The van der Waals surface area contributed by atoms with E-state index in [9.17, 15) is 4.79 Å². The molecule has 0 saturated heterocycles. The Morgan fingerprint density at radius 1 is 0.968 bits per heavy atom. The fourth-order valence-electron chi connectivity index (χ4n) is 4.65. The molecule has 1 N–H and O–H groups in total. The number of benzene rings is 3. The SMILES string of the molecule is O=C(Nc1cccc(-c2cnc3n2CCC3)c1)C1c2ccccc2Oc2ccccc21. The zero-order chi connectivity index (χ0) is 20.8. The zero-order valence-corrected chi connectivity index (χ0v) is 16.9. The maximum Gasteiger partial charge on any atom is 0.236 e. The molecule has 0 fully saturated rings. The number of carbonyl (C=O) groups is 1. The van der Waals surface area contributed by atoms with Crippen LogP contribution in [0.5, 0.6) is 11.5 Å². The molecule has 31 heavy (non-hydrogen) atoms. The number of aryl methyl sites for hydroxylation is 1. The highest BCUT2D eigenvalue weighted by Crippen LogP contribution is 2.44. The predicted octanol–water partition coefficient (Wildman–Crippen LogP) is 5.37. The lowest BCUT2D eigenvalue weighted by molar-refractivity contribution is -0.116. The van der Waals surface area contributed by atoms with Crippen molar-refractivity contribution in [2.45, 2.75) is 25.3 Å². The summed E-state index contributed by atoms with van der Waals surface area (Å²) in [6.07, 6.45) is 4.09. The van der Waals surface area contributed by atoms with Crippen LogP contribution in [0, 0.1) is 0 Å². The summed E-state index contributed by atoms with van der Waals surface area (Å²) in [6, 6.07) is 23.5. The third-order valence-electron chi connectivity index (χ3n) is 6.09. The molecular weight excluding hydrogens is 386 g/mol. The monoisotopic (exact) mass is 407 g/mol. The number of hydrogen-bond acceptors (Lipinski definition) is 3. The molecule has 1 aromatic heterocycles. The van der Waals surface area contributed by atoms with Crippen molar-refractivity contribution in [1.82, 2.24) is 9.55 Å². The molecular formula is C26H21N3O2. The molecule has 3 aromatic carbocycles. The minimum absolute atomic E-state index is 0.0705. The van der Waals surface area contributed by atoms with E-state index in [4.69, 9.17) is 4.74 Å². The van der Waals surface area contributed by atoms with Crippen LogP contribution in [0.1, 0.15) is 29.3 Å². The predicted molar refractivity (Wildman–Crippen MR) is 119 cm³/mol. The molecule has 4 aromatic rings. The number of ether oxygens (including phenoxy) is 1. The van der Waals surface area contributed by atoms with Crippen molar-refractivity contribution in [2.24, 2.45) is 0 Å². The molecule has 0 spiro atoms. The van der Waals surface area contributed by atoms with Crippen molar-refractivity contribution in [3.05, 3.63) is 95.9 Å². The summed E-state index contributed by atoms with van der Waals surface area (Å²) in [5, 5.41) is 3.14. The molecule has 0 radical (unpaired) electrons. The van der Waals surface area contributed by atoms with E-state index in [1.54, 1.807) is 0 Å². The number of fused-ring (bicyclic) bond motifs is 3. The number of aromatic nitrogens is 2. The van der Waals surface area contributed by atoms with Gasteiger partial charge in [0.1, 0.15) is 17.3 Å². The summed E-state index contributed by atoms with van der Waals surface area (Å²) in [5.74, 6) is 2.09. The van der Waals surface area contributed by atoms with E-state index in [1.807, 2.05) is 72.9 Å². The minimum atomic E-state index is -0.427. The van der Waals surface area contributed by atoms with Crippen LogP contribution in [0.2, 0.25) is 0 Å². The summed E-state index contributed by atoms with van der Waals surface area (Å²) >= 11 is 0. The van der Waals surface area contributed by atoms with Gasteiger partial charge in [-0.1, -0.05) is 48.5 Å². The summed E-state index contributed by atoms with van der Waals surface area (Å²) < 4.78 is 8.30. The lowest BCUT2D eigenvalue weighted by Gasteiger charge is -2.27. The Morgan fingerprint density at radius 3 is 2.48 bits per heavy atom. The van der Waals surface area contributed by atoms with Crippen molar-refractivity contribution in [2.75, 3.05) is 5.32 Å². The average Bonchev–Trinajstić information content (AvgIpc) is 3.41. The number of para-hydroxylation sites is 2. The van der Waals surface area contributed by atoms with Gasteiger partial charge in [-0.15, -0.1) is 0 Å². The Kier molecular flexibility index (Phi) is 4.13. The van der Waals surface area contributed by atoms with E-state index >= 15 is 0 Å². The molecule has 0 bridgehead atoms. The first-order chi connectivity index (χ1) is 15.3. The summed E-state index contributed by atoms with van der Waals surface area (Å²) in [4.78, 5) is 18.0. The first kappa shape index (κ1) is 18.0. The molecule has 0 atom stereocenters. The van der Waals surface area contributed by atoms with E-state index in [0.717, 1.165) is 64.8 Å². The topological polar surface area (TPSA) is 56.2 Å². The number of hydrogen-bond donors (Lipinski definition) is 1. The van der Waals surface area contributed by atoms with Crippen LogP contribution >= 0.6 is 0 Å². The standard InChI is InChI=1S/C26H21N3O2/c30-26(25-19-9-1-3-11-22(19)31-23-12-4-2-10-20(23)25)28-18-8-5-7-17(15-18)21-16-27-24-13-6-14-29(21)24/h1-5,7-12,15-16,25H,6,13-14H2,(H,28,30). The summed E-state index contributed by atoms with van der Waals surface area (Å²) in [5.41, 5.74) is 4.70. The summed E-state index contributed by atoms with van der Waals surface area (Å²) in [6.45, 7) is 0.997. The van der Waals surface area contributed by atoms with Crippen LogP contribution in [-0.4, -0.2) is 15.5 Å². The number of carbonyl (C=O) groups excluding carboxylic acids is 1. The highest BCUT2D eigenvalue weighted by atomic mass is 16.5. The van der Waals surface area contributed by atoms with E-state index in [-0.39, 0.29) is 5.91 Å². The normalized spacial score (nSPS) is 14.3. The number of amides is 1. The van der Waals surface area contributed by atoms with Crippen molar-refractivity contribution < 1.29 is 9.53 Å². The van der Waals surface area contributed by atoms with Gasteiger partial charge in [0.05, 0.1) is 17.8 Å². The van der Waals surface area contributed by atoms with Gasteiger partial charge in [0.25, 0.3) is 0 Å². The van der Waals surface area contributed by atoms with Gasteiger partial charge in [0.2, 0.25) is 5.91 Å². The van der Waals surface area contributed by atoms with Crippen LogP contribution in [0.25, 0.3) is 11.3 Å². The number of nitrogens with one attached hydrogen (secondary N) is 1. The fourth-order valence-corrected chi connectivity index (χ4v) is 4.65. The van der Waals surface area contributed by atoms with Gasteiger partial charge in [0.15, 0.2) is 0 Å². The van der Waals surface area contributed by atoms with E-state index < -0.39 is 5.92 Å². The molecule has 2 aliphatic heterocycles. The second-order valence-electron chi connectivity index (χ2n) is 8.00. The zero-order valence-electron chi connectivity index (χ0n) is 16.9. The van der Waals surface area contributed by atoms with Gasteiger partial charge >= 0.3 is 0 Å². The Labute approximate surface area is 180 Å². The van der Waals surface area contributed by atoms with E-state index in [1.165, 1.54) is 0 Å². The molecule has 2 aliphatic rings. The minimum Gasteiger partial charge on any atom is -0.457 e. The number of imidazole rings is 1. The van der Waals surface area contributed by atoms with Crippen molar-refractivity contribution in [3.8, 4) is 22.8 Å². The molecule has 0 unspecified atom stereocenters. The molecule has 152 valence electrons. The van der Waals surface area contributed by atoms with Crippen LogP contribution in [0.3, 0.4) is 0 Å². The first-order valence-electron chi connectivity index (χ1n) is 10.6. The van der Waals surface area contributed by atoms with E-state index in [0.29, 0.717) is 0 Å². The molecule has 6 rings (SSSR count). The maximum atomic E-state index is 13.5. The quantitative estimate of drug-likeness (QED) is 0.497. The lowest BCUT2D eigenvalue weighted by atomic mass is 9.87. The maximum absolute atomic E-state index is 13.5. The highest BCUT2D eigenvalue weighted by molar-refractivity contribution is 6.00. The number of rotatable bonds is 3. The highest BCUT2D eigenvalue weighted by Gasteiger charge is 2.32. The van der Waals surface area contributed by atoms with Gasteiger partial charge in [0, 0.05) is 35.3 Å². The first-order valence-corrected chi connectivity index (χ1v) is 10.6. The molecule has 0 aliphatic carbocycles. The van der Waals surface area contributed by atoms with Crippen LogP contribution < -0.4 is 10.1 Å². The molecule has 5 nitrogen and oxygen atoms in total. The van der Waals surface area contributed by atoms with Crippen LogP contribution in [-0.2, 0) is 17.8 Å². The van der Waals surface area contributed by atoms with Gasteiger partial charge in [-0.2, -0.15) is 0 Å². The molecule has 5 heteroatoms. The van der Waals surface area contributed by atoms with Gasteiger partial charge in [-0.25, -0.2) is 4.98 Å². The number of nitrogens with zero attached hydrogens (tertiary/aromatic N) is 2. The molecule has 0 saturated carbocycles. The Balaban J connectivity index is 1.34. The lowest BCUT2D eigenvalue weighted by Crippen LogP contribution is -2.25. The Morgan fingerprint density at radius 2 is 1.71 bits per heavy atom. The smallest absolute Gasteiger partial charge is 0.236 e. The Bertz CT molecular complexity index is 1260. The average molecular weight is 407 g/mol. The fraction of sp³-hybridized carbons (Fsp3) is 0.154. The summed E-state index contributed by atoms with van der Waals surface area (Å²) in [7, 11) is 0. The van der Waals surface area contributed by atoms with E-state index in [2.05, 4.69) is 20.9 Å². The van der Waals surface area contributed by atoms with Crippen LogP contribution in [0.15, 0.2) is 79.0 Å². The van der Waals surface area contributed by atoms with Gasteiger partial charge < -0.3 is 14.6 Å². The second kappa shape index (κ2) is 7.13. The second-order valence-corrected chi connectivity index (χ2v) is 8.00. The van der Waals surface area contributed by atoms with Gasteiger partial charge in [-0.05, 0) is 30.7 Å². The molecule has 1 amide bonds. The van der Waals surface area contributed by atoms with Crippen molar-refractivity contribution in [3.63, 3.8) is 0 Å². The molecule has 3 heterocycles.